The van der Waals surface area contributed by atoms with E-state index in [2.05, 4.69) is 14.4 Å². The minimum atomic E-state index is -3.76. The molecule has 3 rings (SSSR count). The lowest BCUT2D eigenvalue weighted by atomic mass is 9.85. The van der Waals surface area contributed by atoms with Crippen LogP contribution < -0.4 is 9.44 Å². The fourth-order valence-electron chi connectivity index (χ4n) is 3.55. The quantitative estimate of drug-likeness (QED) is 0.665. The topological polar surface area (TPSA) is 105 Å². The van der Waals surface area contributed by atoms with Gasteiger partial charge in [0.25, 0.3) is 0 Å². The van der Waals surface area contributed by atoms with Crippen LogP contribution in [-0.2, 0) is 26.5 Å². The average molecular weight is 446 g/mol. The molecule has 10 heteroatoms. The van der Waals surface area contributed by atoms with Crippen LogP contribution in [0.2, 0.25) is 5.15 Å². The smallest absolute Gasteiger partial charge is 0.241 e. The van der Waals surface area contributed by atoms with Crippen LogP contribution in [0.15, 0.2) is 23.2 Å². The molecule has 1 aromatic carbocycles. The van der Waals surface area contributed by atoms with E-state index >= 15 is 0 Å². The van der Waals surface area contributed by atoms with Crippen LogP contribution in [0, 0.1) is 5.92 Å². The summed E-state index contributed by atoms with van der Waals surface area (Å²) >= 11 is 6.06. The lowest BCUT2D eigenvalue weighted by molar-refractivity contribution is 0.512. The number of nitrogens with one attached hydrogen (secondary N) is 2. The highest BCUT2D eigenvalue weighted by Crippen LogP contribution is 2.39. The zero-order chi connectivity index (χ0) is 20.7. The molecule has 154 valence electrons. The molecule has 7 nitrogen and oxygen atoms in total. The van der Waals surface area contributed by atoms with Crippen molar-refractivity contribution in [2.75, 3.05) is 12.8 Å². The maximum absolute atomic E-state index is 13.0. The molecule has 0 spiro atoms. The maximum Gasteiger partial charge on any atom is 0.241 e. The molecule has 1 atom stereocenters. The summed E-state index contributed by atoms with van der Waals surface area (Å²) in [7, 11) is -7.19. The second-order valence-electron chi connectivity index (χ2n) is 7.58. The van der Waals surface area contributed by atoms with Crippen molar-refractivity contribution in [3.63, 3.8) is 0 Å². The van der Waals surface area contributed by atoms with Gasteiger partial charge in [0.1, 0.15) is 5.15 Å². The Labute approximate surface area is 171 Å². The minimum Gasteiger partial charge on any atom is -0.244 e. The molecule has 28 heavy (non-hydrogen) atoms. The lowest BCUT2D eigenvalue weighted by Crippen LogP contribution is -2.31. The van der Waals surface area contributed by atoms with Crippen molar-refractivity contribution in [1.29, 1.82) is 0 Å². The van der Waals surface area contributed by atoms with Crippen LogP contribution in [-0.4, -0.2) is 34.6 Å². The van der Waals surface area contributed by atoms with Crippen molar-refractivity contribution in [2.45, 2.75) is 44.0 Å². The van der Waals surface area contributed by atoms with E-state index in [1.54, 1.807) is 6.07 Å². The fourth-order valence-corrected chi connectivity index (χ4v) is 5.92. The molecule has 1 unspecified atom stereocenters. The van der Waals surface area contributed by atoms with Gasteiger partial charge < -0.3 is 0 Å². The number of pyridine rings is 1. The van der Waals surface area contributed by atoms with E-state index in [0.29, 0.717) is 30.2 Å². The molecule has 0 radical (unpaired) electrons. The van der Waals surface area contributed by atoms with Crippen molar-refractivity contribution in [3.05, 3.63) is 34.6 Å². The van der Waals surface area contributed by atoms with Gasteiger partial charge in [-0.25, -0.2) is 31.3 Å². The van der Waals surface area contributed by atoms with Gasteiger partial charge in [0.2, 0.25) is 20.0 Å². The molecule has 0 bridgehead atoms. The third-order valence-electron chi connectivity index (χ3n) is 4.69. The molecule has 0 saturated heterocycles. The fraction of sp³-hybridized carbons (Fsp3) is 0.500. The summed E-state index contributed by atoms with van der Waals surface area (Å²) in [5.74, 6) is 0.160. The molecular formula is C18H24ClN3O4S2. The minimum absolute atomic E-state index is 0.145. The summed E-state index contributed by atoms with van der Waals surface area (Å²) in [6.45, 7) is 4.17. The van der Waals surface area contributed by atoms with E-state index in [1.165, 1.54) is 12.3 Å². The molecular weight excluding hydrogens is 422 g/mol. The van der Waals surface area contributed by atoms with E-state index < -0.39 is 26.1 Å². The molecule has 2 N–H and O–H groups in total. The first-order valence-electron chi connectivity index (χ1n) is 9.06. The largest absolute Gasteiger partial charge is 0.244 e. The third kappa shape index (κ3) is 4.65. The highest BCUT2D eigenvalue weighted by molar-refractivity contribution is 7.89. The first-order chi connectivity index (χ1) is 13.0. The first-order valence-corrected chi connectivity index (χ1v) is 12.8. The number of nitrogens with zero attached hydrogens (tertiary/aromatic N) is 1. The first kappa shape index (κ1) is 21.4. The molecule has 0 fully saturated rings. The zero-order valence-electron chi connectivity index (χ0n) is 16.0. The number of aromatic nitrogens is 1. The second-order valence-corrected chi connectivity index (χ2v) is 11.5. The van der Waals surface area contributed by atoms with Gasteiger partial charge in [0.15, 0.2) is 0 Å². The third-order valence-corrected chi connectivity index (χ3v) is 7.08. The number of hydrogen-bond acceptors (Lipinski definition) is 5. The van der Waals surface area contributed by atoms with Gasteiger partial charge in [-0.2, -0.15) is 0 Å². The number of benzene rings is 1. The van der Waals surface area contributed by atoms with Gasteiger partial charge in [-0.1, -0.05) is 25.4 Å². The zero-order valence-corrected chi connectivity index (χ0v) is 18.4. The maximum atomic E-state index is 13.0. The number of halogens is 1. The Morgan fingerprint density at radius 1 is 1.21 bits per heavy atom. The van der Waals surface area contributed by atoms with Gasteiger partial charge in [0.05, 0.1) is 11.2 Å². The van der Waals surface area contributed by atoms with Crippen LogP contribution in [0.3, 0.4) is 0 Å². The normalized spacial score (nSPS) is 17.8. The Hall–Kier alpha value is -1.26. The highest BCUT2D eigenvalue weighted by atomic mass is 35.5. The van der Waals surface area contributed by atoms with Gasteiger partial charge in [-0.15, -0.1) is 0 Å². The number of hydrogen-bond donors (Lipinski definition) is 2. The molecule has 0 aliphatic heterocycles. The molecule has 0 saturated carbocycles. The number of fused-ring (bicyclic) bond motifs is 3. The van der Waals surface area contributed by atoms with Crippen LogP contribution in [0.1, 0.15) is 43.9 Å². The molecule has 1 aromatic heterocycles. The van der Waals surface area contributed by atoms with Gasteiger partial charge in [0, 0.05) is 29.6 Å². The van der Waals surface area contributed by atoms with Gasteiger partial charge >= 0.3 is 0 Å². The monoisotopic (exact) mass is 445 g/mol. The van der Waals surface area contributed by atoms with Crippen molar-refractivity contribution < 1.29 is 16.8 Å². The van der Waals surface area contributed by atoms with Crippen molar-refractivity contribution in [2.24, 2.45) is 5.92 Å². The van der Waals surface area contributed by atoms with Crippen molar-refractivity contribution >= 4 is 42.4 Å². The van der Waals surface area contributed by atoms with Gasteiger partial charge in [-0.3, -0.25) is 0 Å². The van der Waals surface area contributed by atoms with E-state index in [-0.39, 0.29) is 16.0 Å². The number of rotatable bonds is 6. The van der Waals surface area contributed by atoms with Crippen LogP contribution in [0.25, 0.3) is 10.8 Å². The Balaban J connectivity index is 2.24. The molecule has 1 aliphatic carbocycles. The van der Waals surface area contributed by atoms with Crippen molar-refractivity contribution in [1.82, 2.24) is 14.4 Å². The predicted octanol–water partition coefficient (Wildman–Crippen LogP) is 2.75. The Kier molecular flexibility index (Phi) is 6.03. The molecule has 1 heterocycles. The van der Waals surface area contributed by atoms with Crippen LogP contribution in [0.4, 0.5) is 0 Å². The summed E-state index contributed by atoms with van der Waals surface area (Å²) in [6, 6.07) is 2.74. The van der Waals surface area contributed by atoms with Crippen LogP contribution in [0.5, 0.6) is 0 Å². The summed E-state index contributed by atoms with van der Waals surface area (Å²) in [5, 5.41) is 1.22. The molecule has 1 aliphatic rings. The summed E-state index contributed by atoms with van der Waals surface area (Å²) in [6.07, 6.45) is 4.71. The van der Waals surface area contributed by atoms with Crippen LogP contribution >= 0.6 is 11.6 Å². The SMILES string of the molecule is CC(C)CNS(=O)(=O)c1cc2c(c3cnc(Cl)cc13)C(NS(C)(=O)=O)CCC2. The summed E-state index contributed by atoms with van der Waals surface area (Å²) < 4.78 is 54.9. The van der Waals surface area contributed by atoms with E-state index in [9.17, 15) is 16.8 Å². The Morgan fingerprint density at radius 2 is 1.93 bits per heavy atom. The van der Waals surface area contributed by atoms with Crippen molar-refractivity contribution in [3.8, 4) is 0 Å². The van der Waals surface area contributed by atoms with E-state index in [1.807, 2.05) is 13.8 Å². The highest BCUT2D eigenvalue weighted by Gasteiger charge is 2.29. The molecule has 0 amide bonds. The second kappa shape index (κ2) is 7.87. The predicted molar refractivity (Wildman–Crippen MR) is 110 cm³/mol. The Morgan fingerprint density at radius 3 is 2.57 bits per heavy atom. The molecule has 2 aromatic rings. The lowest BCUT2D eigenvalue weighted by Gasteiger charge is -2.28. The van der Waals surface area contributed by atoms with E-state index in [4.69, 9.17) is 11.6 Å². The number of aryl methyl sites for hydroxylation is 1. The summed E-state index contributed by atoms with van der Waals surface area (Å²) in [4.78, 5) is 4.26. The van der Waals surface area contributed by atoms with Gasteiger partial charge in [-0.05, 0) is 48.4 Å². The summed E-state index contributed by atoms with van der Waals surface area (Å²) in [5.41, 5.74) is 1.59. The average Bonchev–Trinajstić information content (AvgIpc) is 2.58. The Bertz CT molecular complexity index is 1120. The van der Waals surface area contributed by atoms with E-state index in [0.717, 1.165) is 23.8 Å². The number of sulfonamides is 2. The standard InChI is InChI=1S/C18H24ClN3O4S2/c1-11(2)9-21-28(25,26)16-7-12-5-4-6-15(22-27(3,23)24)18(12)14-10-20-17(19)8-13(14)16/h7-8,10-11,15,21-22H,4-6,9H2,1-3H3.